The Morgan fingerprint density at radius 1 is 1.33 bits per heavy atom. The molecule has 1 N–H and O–H groups in total. The summed E-state index contributed by atoms with van der Waals surface area (Å²) in [7, 11) is 7.84. The molecule has 0 spiro atoms. The molecule has 81 valence electrons. The predicted octanol–water partition coefficient (Wildman–Crippen LogP) is -1.58. The largest absolute Gasteiger partial charge is 0.372 e. The van der Waals surface area contributed by atoms with Gasteiger partial charge < -0.3 is 19.7 Å². The number of hydrogen-bond donors (Lipinski definition) is 1. The molecule has 0 bridgehead atoms. The van der Waals surface area contributed by atoms with Crippen molar-refractivity contribution in [3.05, 3.63) is 0 Å². The van der Waals surface area contributed by atoms with Crippen molar-refractivity contribution < 1.29 is 9.47 Å². The highest BCUT2D eigenvalue weighted by Gasteiger charge is 2.24. The molecule has 2 unspecified atom stereocenters. The van der Waals surface area contributed by atoms with E-state index >= 15 is 0 Å². The second-order valence-electron chi connectivity index (χ2n) is 4.08. The minimum absolute atomic E-state index is 0.426. The lowest BCUT2D eigenvalue weighted by molar-refractivity contribution is 0.302. The first-order chi connectivity index (χ1) is 7.38. The molecular formula is C9H17B2N2O2. The highest BCUT2D eigenvalue weighted by atomic mass is 16.6. The number of nitrogens with zero attached hydrogens (tertiary/aromatic N) is 1. The van der Waals surface area contributed by atoms with Crippen molar-refractivity contribution in [3.63, 3.8) is 0 Å². The van der Waals surface area contributed by atoms with Crippen molar-refractivity contribution in [2.45, 2.75) is 12.2 Å². The Morgan fingerprint density at radius 2 is 2.07 bits per heavy atom. The van der Waals surface area contributed by atoms with Crippen LogP contribution in [0, 0.1) is 0 Å². The lowest BCUT2D eigenvalue weighted by Crippen LogP contribution is -2.37. The summed E-state index contributed by atoms with van der Waals surface area (Å²) in [6.45, 7) is 3.73. The molecule has 0 saturated carbocycles. The lowest BCUT2D eigenvalue weighted by Gasteiger charge is -2.19. The van der Waals surface area contributed by atoms with Crippen LogP contribution in [0.25, 0.3) is 0 Å². The van der Waals surface area contributed by atoms with Gasteiger partial charge in [-0.1, -0.05) is 0 Å². The van der Waals surface area contributed by atoms with E-state index in [1.807, 2.05) is 0 Å². The van der Waals surface area contributed by atoms with Crippen LogP contribution in [-0.2, 0) is 9.47 Å². The molecule has 6 heteroatoms. The van der Waals surface area contributed by atoms with Crippen LogP contribution >= 0.6 is 0 Å². The second kappa shape index (κ2) is 5.89. The van der Waals surface area contributed by atoms with Gasteiger partial charge in [-0.2, -0.15) is 0 Å². The Labute approximate surface area is 93.3 Å². The Morgan fingerprint density at radius 3 is 2.67 bits per heavy atom. The van der Waals surface area contributed by atoms with Crippen molar-refractivity contribution in [1.29, 1.82) is 0 Å². The van der Waals surface area contributed by atoms with E-state index < -0.39 is 0 Å². The Hall–Kier alpha value is -0.0301. The molecule has 2 saturated heterocycles. The first-order valence-corrected chi connectivity index (χ1v) is 5.56. The quantitative estimate of drug-likeness (QED) is 0.281. The Balaban J connectivity index is 1.42. The van der Waals surface area contributed by atoms with Crippen LogP contribution in [0.5, 0.6) is 0 Å². The van der Waals surface area contributed by atoms with Crippen LogP contribution in [0.4, 0.5) is 0 Å². The van der Waals surface area contributed by atoms with Gasteiger partial charge in [-0.05, 0) is 19.3 Å². The van der Waals surface area contributed by atoms with Crippen molar-refractivity contribution in [2.75, 3.05) is 45.6 Å². The van der Waals surface area contributed by atoms with Gasteiger partial charge in [-0.25, -0.2) is 0 Å². The predicted molar refractivity (Wildman–Crippen MR) is 60.3 cm³/mol. The molecule has 2 fully saturated rings. The fourth-order valence-corrected chi connectivity index (χ4v) is 1.46. The normalized spacial score (nSPS) is 28.1. The number of ether oxygens (including phenoxy) is 2. The smallest absolute Gasteiger partial charge is 0.147 e. The Kier molecular flexibility index (Phi) is 4.50. The van der Waals surface area contributed by atoms with Crippen molar-refractivity contribution in [2.24, 2.45) is 0 Å². The molecule has 2 aliphatic rings. The summed E-state index contributed by atoms with van der Waals surface area (Å²) in [6, 6.07) is 0. The minimum Gasteiger partial charge on any atom is -0.372 e. The summed E-state index contributed by atoms with van der Waals surface area (Å²) in [4.78, 5) is 2.19. The highest BCUT2D eigenvalue weighted by Crippen LogP contribution is 2.09. The van der Waals surface area contributed by atoms with E-state index in [1.165, 1.54) is 0 Å². The molecule has 2 heterocycles. The molecule has 4 nitrogen and oxygen atoms in total. The molecule has 0 aromatic heterocycles. The van der Waals surface area contributed by atoms with Gasteiger partial charge in [0, 0.05) is 13.1 Å². The molecular weight excluding hydrogens is 190 g/mol. The van der Waals surface area contributed by atoms with Gasteiger partial charge in [0.2, 0.25) is 0 Å². The molecule has 0 aromatic carbocycles. The molecule has 3 radical (unpaired) electrons. The molecule has 2 atom stereocenters. The van der Waals surface area contributed by atoms with Crippen LogP contribution in [0.15, 0.2) is 0 Å². The second-order valence-corrected chi connectivity index (χ2v) is 4.08. The van der Waals surface area contributed by atoms with E-state index in [4.69, 9.17) is 17.3 Å². The summed E-state index contributed by atoms with van der Waals surface area (Å²) in [5.41, 5.74) is 0. The zero-order valence-corrected chi connectivity index (χ0v) is 9.02. The molecule has 2 aliphatic heterocycles. The first-order valence-electron chi connectivity index (χ1n) is 5.56. The van der Waals surface area contributed by atoms with E-state index in [-0.39, 0.29) is 0 Å². The summed E-state index contributed by atoms with van der Waals surface area (Å²) in [5.74, 6) is 0. The SMILES string of the molecule is [B]CN(C[B]CNCC1CO1)CC1CO1. The third-order valence-electron chi connectivity index (χ3n) is 2.57. The van der Waals surface area contributed by atoms with Crippen molar-refractivity contribution in [1.82, 2.24) is 10.2 Å². The van der Waals surface area contributed by atoms with Crippen LogP contribution in [0.1, 0.15) is 0 Å². The fraction of sp³-hybridized carbons (Fsp3) is 1.00. The van der Waals surface area contributed by atoms with E-state index in [0.29, 0.717) is 18.7 Å². The third kappa shape index (κ3) is 5.02. The van der Waals surface area contributed by atoms with E-state index in [0.717, 1.165) is 39.2 Å². The van der Waals surface area contributed by atoms with Crippen LogP contribution < -0.4 is 5.32 Å². The monoisotopic (exact) mass is 207 g/mol. The van der Waals surface area contributed by atoms with Crippen LogP contribution in [0.2, 0.25) is 0 Å². The third-order valence-corrected chi connectivity index (χ3v) is 2.57. The maximum absolute atomic E-state index is 5.63. The van der Waals surface area contributed by atoms with Gasteiger partial charge >= 0.3 is 0 Å². The fourth-order valence-electron chi connectivity index (χ4n) is 1.46. The maximum atomic E-state index is 5.63. The van der Waals surface area contributed by atoms with Gasteiger partial charge in [-0.3, -0.25) is 0 Å². The summed E-state index contributed by atoms with van der Waals surface area (Å²) < 4.78 is 10.3. The average Bonchev–Trinajstić information content (AvgIpc) is 3.10. The summed E-state index contributed by atoms with van der Waals surface area (Å²) >= 11 is 0. The number of epoxide rings is 2. The van der Waals surface area contributed by atoms with Crippen molar-refractivity contribution in [3.8, 4) is 0 Å². The average molecular weight is 207 g/mol. The van der Waals surface area contributed by atoms with Gasteiger partial charge in [0.1, 0.15) is 7.28 Å². The van der Waals surface area contributed by atoms with Gasteiger partial charge in [-0.15, -0.1) is 0 Å². The lowest BCUT2D eigenvalue weighted by atomic mass is 9.77. The molecule has 0 aromatic rings. The maximum Gasteiger partial charge on any atom is 0.147 e. The zero-order valence-electron chi connectivity index (χ0n) is 9.02. The molecule has 15 heavy (non-hydrogen) atoms. The zero-order chi connectivity index (χ0) is 10.5. The highest BCUT2D eigenvalue weighted by molar-refractivity contribution is 6.35. The van der Waals surface area contributed by atoms with Gasteiger partial charge in [0.05, 0.1) is 33.3 Å². The van der Waals surface area contributed by atoms with Crippen LogP contribution in [-0.4, -0.2) is 77.9 Å². The number of rotatable bonds is 9. The standard InChI is InChI=1S/C9H17B2N2O2/c10-5-13(2-9-4-15-9)7-11-6-12-1-8-3-14-8/h8-9,12H,1-7H2. The van der Waals surface area contributed by atoms with E-state index in [2.05, 4.69) is 17.5 Å². The molecule has 0 aliphatic carbocycles. The van der Waals surface area contributed by atoms with E-state index in [1.54, 1.807) is 0 Å². The number of hydrogen-bond acceptors (Lipinski definition) is 4. The number of nitrogens with one attached hydrogen (secondary N) is 1. The molecule has 2 rings (SSSR count). The van der Waals surface area contributed by atoms with Crippen molar-refractivity contribution >= 4 is 15.1 Å². The summed E-state index contributed by atoms with van der Waals surface area (Å²) in [6.07, 6.45) is 3.33. The Bertz CT molecular complexity index is 189. The van der Waals surface area contributed by atoms with Crippen LogP contribution in [0.3, 0.4) is 0 Å². The summed E-state index contributed by atoms with van der Waals surface area (Å²) in [5, 5.41) is 3.32. The van der Waals surface area contributed by atoms with Gasteiger partial charge in [0.15, 0.2) is 0 Å². The van der Waals surface area contributed by atoms with Gasteiger partial charge in [0.25, 0.3) is 0 Å². The van der Waals surface area contributed by atoms with E-state index in [9.17, 15) is 0 Å². The molecule has 0 amide bonds. The first kappa shape index (κ1) is 11.5. The minimum atomic E-state index is 0.426. The topological polar surface area (TPSA) is 40.3 Å².